The van der Waals surface area contributed by atoms with E-state index in [9.17, 15) is 0 Å². The highest BCUT2D eigenvalue weighted by Gasteiger charge is 2.24. The zero-order chi connectivity index (χ0) is 15.4. The molecule has 3 heterocycles. The van der Waals surface area contributed by atoms with Crippen LogP contribution in [0, 0.1) is 18.3 Å². The largest absolute Gasteiger partial charge is 0.458 e. The molecule has 1 aliphatic rings. The van der Waals surface area contributed by atoms with Crippen molar-refractivity contribution in [1.82, 2.24) is 19.9 Å². The van der Waals surface area contributed by atoms with E-state index in [0.29, 0.717) is 24.2 Å². The third-order valence-corrected chi connectivity index (χ3v) is 3.45. The molecule has 1 unspecified atom stereocenters. The second kappa shape index (κ2) is 6.35. The highest BCUT2D eigenvalue weighted by Crippen LogP contribution is 2.19. The van der Waals surface area contributed by atoms with Crippen LogP contribution in [0.25, 0.3) is 0 Å². The molecule has 0 bridgehead atoms. The Labute approximate surface area is 128 Å². The summed E-state index contributed by atoms with van der Waals surface area (Å²) in [6, 6.07) is 4.03. The number of hydrogen-bond donors (Lipinski definition) is 0. The molecule has 0 aliphatic carbocycles. The molecule has 1 aliphatic heterocycles. The van der Waals surface area contributed by atoms with E-state index in [1.165, 1.54) is 0 Å². The molecule has 2 aromatic rings. The van der Waals surface area contributed by atoms with E-state index in [0.717, 1.165) is 24.9 Å². The van der Waals surface area contributed by atoms with Crippen molar-refractivity contribution in [1.29, 1.82) is 5.26 Å². The SMILES string of the molecule is Cc1cnc(OC2CCCN(c3nccc(C#N)n3)C2)nc1. The molecule has 1 atom stereocenters. The Morgan fingerprint density at radius 2 is 2.14 bits per heavy atom. The van der Waals surface area contributed by atoms with Crippen molar-refractivity contribution >= 4 is 5.95 Å². The molecule has 1 saturated heterocycles. The predicted molar refractivity (Wildman–Crippen MR) is 79.4 cm³/mol. The van der Waals surface area contributed by atoms with Crippen molar-refractivity contribution in [3.8, 4) is 12.1 Å². The van der Waals surface area contributed by atoms with Gasteiger partial charge >= 0.3 is 6.01 Å². The Morgan fingerprint density at radius 3 is 2.91 bits per heavy atom. The topological polar surface area (TPSA) is 87.8 Å². The number of hydrogen-bond acceptors (Lipinski definition) is 7. The maximum Gasteiger partial charge on any atom is 0.316 e. The molecular weight excluding hydrogens is 280 g/mol. The van der Waals surface area contributed by atoms with Crippen molar-refractivity contribution in [3.63, 3.8) is 0 Å². The zero-order valence-electron chi connectivity index (χ0n) is 12.3. The lowest BCUT2D eigenvalue weighted by Gasteiger charge is -2.32. The summed E-state index contributed by atoms with van der Waals surface area (Å²) >= 11 is 0. The van der Waals surface area contributed by atoms with Crippen LogP contribution in [0.15, 0.2) is 24.7 Å². The van der Waals surface area contributed by atoms with Gasteiger partial charge < -0.3 is 9.64 Å². The van der Waals surface area contributed by atoms with Crippen LogP contribution < -0.4 is 9.64 Å². The first-order chi connectivity index (χ1) is 10.7. The molecule has 3 rings (SSSR count). The summed E-state index contributed by atoms with van der Waals surface area (Å²) in [6.45, 7) is 3.45. The van der Waals surface area contributed by atoms with Crippen LogP contribution in [0.2, 0.25) is 0 Å². The summed E-state index contributed by atoms with van der Waals surface area (Å²) in [5.74, 6) is 0.567. The first kappa shape index (κ1) is 14.2. The maximum absolute atomic E-state index is 8.93. The van der Waals surface area contributed by atoms with Crippen LogP contribution in [0.1, 0.15) is 24.1 Å². The lowest BCUT2D eigenvalue weighted by atomic mass is 10.1. The minimum absolute atomic E-state index is 0.00852. The number of nitriles is 1. The summed E-state index contributed by atoms with van der Waals surface area (Å²) in [5, 5.41) is 8.93. The van der Waals surface area contributed by atoms with Crippen molar-refractivity contribution in [2.45, 2.75) is 25.9 Å². The molecule has 22 heavy (non-hydrogen) atoms. The predicted octanol–water partition coefficient (Wildman–Crippen LogP) is 1.49. The van der Waals surface area contributed by atoms with Gasteiger partial charge in [0, 0.05) is 25.1 Å². The Bertz CT molecular complexity index is 681. The number of anilines is 1. The highest BCUT2D eigenvalue weighted by atomic mass is 16.5. The van der Waals surface area contributed by atoms with E-state index < -0.39 is 0 Å². The van der Waals surface area contributed by atoms with Gasteiger partial charge in [-0.2, -0.15) is 5.26 Å². The molecule has 1 fully saturated rings. The Hall–Kier alpha value is -2.75. The van der Waals surface area contributed by atoms with Crippen molar-refractivity contribution < 1.29 is 4.74 Å². The van der Waals surface area contributed by atoms with Gasteiger partial charge in [0.25, 0.3) is 0 Å². The monoisotopic (exact) mass is 296 g/mol. The molecule has 0 radical (unpaired) electrons. The number of piperidine rings is 1. The van der Waals surface area contributed by atoms with Crippen molar-refractivity contribution in [2.24, 2.45) is 0 Å². The molecule has 112 valence electrons. The zero-order valence-corrected chi connectivity index (χ0v) is 12.3. The summed E-state index contributed by atoms with van der Waals surface area (Å²) in [5.41, 5.74) is 1.37. The first-order valence-electron chi connectivity index (χ1n) is 7.18. The van der Waals surface area contributed by atoms with Crippen LogP contribution in [0.3, 0.4) is 0 Å². The second-order valence-corrected chi connectivity index (χ2v) is 5.22. The molecule has 7 nitrogen and oxygen atoms in total. The third kappa shape index (κ3) is 3.28. The van der Waals surface area contributed by atoms with Gasteiger partial charge in [-0.3, -0.25) is 0 Å². The molecule has 0 amide bonds. The summed E-state index contributed by atoms with van der Waals surface area (Å²) in [4.78, 5) is 18.8. The van der Waals surface area contributed by atoms with Gasteiger partial charge in [0.05, 0.1) is 6.54 Å². The highest BCUT2D eigenvalue weighted by molar-refractivity contribution is 5.34. The lowest BCUT2D eigenvalue weighted by molar-refractivity contribution is 0.164. The van der Waals surface area contributed by atoms with E-state index in [4.69, 9.17) is 10.00 Å². The smallest absolute Gasteiger partial charge is 0.316 e. The van der Waals surface area contributed by atoms with Crippen LogP contribution in [0.5, 0.6) is 6.01 Å². The molecule has 0 saturated carbocycles. The van der Waals surface area contributed by atoms with E-state index >= 15 is 0 Å². The lowest BCUT2D eigenvalue weighted by Crippen LogP contribution is -2.42. The fourth-order valence-electron chi connectivity index (χ4n) is 2.37. The Balaban J connectivity index is 1.68. The van der Waals surface area contributed by atoms with Crippen LogP contribution in [0.4, 0.5) is 5.95 Å². The van der Waals surface area contributed by atoms with Gasteiger partial charge in [-0.1, -0.05) is 0 Å². The third-order valence-electron chi connectivity index (χ3n) is 3.45. The van der Waals surface area contributed by atoms with E-state index in [1.807, 2.05) is 17.9 Å². The van der Waals surface area contributed by atoms with Gasteiger partial charge in [-0.15, -0.1) is 0 Å². The van der Waals surface area contributed by atoms with Gasteiger partial charge in [0.15, 0.2) is 0 Å². The normalized spacial score (nSPS) is 17.8. The molecule has 0 spiro atoms. The van der Waals surface area contributed by atoms with E-state index in [-0.39, 0.29) is 6.10 Å². The minimum atomic E-state index is -0.00852. The molecule has 0 N–H and O–H groups in total. The fraction of sp³-hybridized carbons (Fsp3) is 0.400. The minimum Gasteiger partial charge on any atom is -0.458 e. The van der Waals surface area contributed by atoms with E-state index in [1.54, 1.807) is 24.7 Å². The second-order valence-electron chi connectivity index (χ2n) is 5.22. The fourth-order valence-corrected chi connectivity index (χ4v) is 2.37. The number of ether oxygens (including phenoxy) is 1. The first-order valence-corrected chi connectivity index (χ1v) is 7.18. The number of rotatable bonds is 3. The summed E-state index contributed by atoms with van der Waals surface area (Å²) in [7, 11) is 0. The van der Waals surface area contributed by atoms with Gasteiger partial charge in [0.2, 0.25) is 5.95 Å². The average Bonchev–Trinajstić information content (AvgIpc) is 2.57. The van der Waals surface area contributed by atoms with Crippen molar-refractivity contribution in [2.75, 3.05) is 18.0 Å². The van der Waals surface area contributed by atoms with Crippen LogP contribution >= 0.6 is 0 Å². The number of nitrogens with zero attached hydrogens (tertiary/aromatic N) is 6. The summed E-state index contributed by atoms with van der Waals surface area (Å²) in [6.07, 6.45) is 6.98. The van der Waals surface area contributed by atoms with Gasteiger partial charge in [-0.05, 0) is 31.4 Å². The quantitative estimate of drug-likeness (QED) is 0.848. The Morgan fingerprint density at radius 1 is 1.32 bits per heavy atom. The van der Waals surface area contributed by atoms with E-state index in [2.05, 4.69) is 19.9 Å². The van der Waals surface area contributed by atoms with Gasteiger partial charge in [0.1, 0.15) is 17.9 Å². The number of aryl methyl sites for hydroxylation is 1. The van der Waals surface area contributed by atoms with Crippen LogP contribution in [-0.4, -0.2) is 39.1 Å². The average molecular weight is 296 g/mol. The standard InChI is InChI=1S/C15H16N6O/c1-11-8-18-15(19-9-11)22-13-3-2-6-21(10-13)14-17-5-4-12(7-16)20-14/h4-5,8-9,13H,2-3,6,10H2,1H3. The molecule has 2 aromatic heterocycles. The molecular formula is C15H16N6O. The Kier molecular flexibility index (Phi) is 4.10. The number of aromatic nitrogens is 4. The van der Waals surface area contributed by atoms with Gasteiger partial charge in [-0.25, -0.2) is 19.9 Å². The molecule has 7 heteroatoms. The van der Waals surface area contributed by atoms with Crippen LogP contribution in [-0.2, 0) is 0 Å². The maximum atomic E-state index is 8.93. The molecule has 0 aromatic carbocycles. The van der Waals surface area contributed by atoms with Crippen molar-refractivity contribution in [3.05, 3.63) is 35.9 Å². The summed E-state index contributed by atoms with van der Waals surface area (Å²) < 4.78 is 5.83.